The van der Waals surface area contributed by atoms with Crippen LogP contribution in [-0.4, -0.2) is 33.8 Å². The van der Waals surface area contributed by atoms with Gasteiger partial charge in [-0.25, -0.2) is 9.18 Å². The van der Waals surface area contributed by atoms with Crippen molar-refractivity contribution in [3.05, 3.63) is 68.8 Å². The molecule has 0 atom stereocenters. The van der Waals surface area contributed by atoms with Crippen molar-refractivity contribution in [3.63, 3.8) is 0 Å². The van der Waals surface area contributed by atoms with Crippen LogP contribution in [-0.2, 0) is 17.6 Å². The van der Waals surface area contributed by atoms with Crippen molar-refractivity contribution in [3.8, 4) is 11.3 Å². The first-order valence-corrected chi connectivity index (χ1v) is 10.0. The molecule has 0 bridgehead atoms. The van der Waals surface area contributed by atoms with Crippen LogP contribution in [0, 0.1) is 5.82 Å². The lowest BCUT2D eigenvalue weighted by Gasteiger charge is -2.14. The van der Waals surface area contributed by atoms with E-state index in [1.165, 1.54) is 36.3 Å². The number of methoxy groups -OCH3 is 1. The summed E-state index contributed by atoms with van der Waals surface area (Å²) in [6, 6.07) is 4.05. The van der Waals surface area contributed by atoms with E-state index in [-0.39, 0.29) is 26.7 Å². The highest BCUT2D eigenvalue weighted by Gasteiger charge is 2.28. The van der Waals surface area contributed by atoms with Crippen molar-refractivity contribution in [2.24, 2.45) is 0 Å². The van der Waals surface area contributed by atoms with Crippen LogP contribution in [0.25, 0.3) is 11.3 Å². The number of halogens is 3. The molecule has 1 aliphatic carbocycles. The Bertz CT molecular complexity index is 1160. The van der Waals surface area contributed by atoms with Gasteiger partial charge in [-0.1, -0.05) is 23.2 Å². The van der Waals surface area contributed by atoms with E-state index in [0.717, 1.165) is 24.5 Å². The summed E-state index contributed by atoms with van der Waals surface area (Å²) in [5.74, 6) is -1.75. The fraction of sp³-hybridized carbons (Fsp3) is 0.238. The molecule has 0 N–H and O–H groups in total. The number of carbonyl (C=O) groups is 2. The maximum atomic E-state index is 14.9. The number of benzene rings is 1. The molecular weight excluding hydrogens is 432 g/mol. The standard InChI is InChI=1S/C21H16Cl2FN3O3/c1-30-21(29)11-6-7-12(16(24)8-11)19-13-4-2-3-5-17(13)27(26-19)20(28)18-14(22)9-25-10-15(18)23/h6-10H,2-5H2,1H3. The Balaban J connectivity index is 1.85. The average Bonchev–Trinajstić information content (AvgIpc) is 3.12. The molecule has 2 aromatic heterocycles. The van der Waals surface area contributed by atoms with Crippen LogP contribution in [0.3, 0.4) is 0 Å². The number of rotatable bonds is 3. The predicted molar refractivity (Wildman–Crippen MR) is 110 cm³/mol. The molecular formula is C21H16Cl2FN3O3. The highest BCUT2D eigenvalue weighted by Crippen LogP contribution is 2.34. The van der Waals surface area contributed by atoms with E-state index in [0.29, 0.717) is 24.2 Å². The van der Waals surface area contributed by atoms with Gasteiger partial charge >= 0.3 is 5.97 Å². The van der Waals surface area contributed by atoms with Crippen molar-refractivity contribution in [1.29, 1.82) is 0 Å². The molecule has 1 aromatic carbocycles. The number of fused-ring (bicyclic) bond motifs is 1. The summed E-state index contributed by atoms with van der Waals surface area (Å²) in [6.07, 6.45) is 5.74. The van der Waals surface area contributed by atoms with E-state index < -0.39 is 17.7 Å². The minimum absolute atomic E-state index is 0.0947. The van der Waals surface area contributed by atoms with Crippen LogP contribution in [0.2, 0.25) is 10.0 Å². The third-order valence-corrected chi connectivity index (χ3v) is 5.66. The van der Waals surface area contributed by atoms with E-state index in [2.05, 4.69) is 14.8 Å². The van der Waals surface area contributed by atoms with E-state index in [1.54, 1.807) is 0 Å². The number of aromatic nitrogens is 3. The van der Waals surface area contributed by atoms with Gasteiger partial charge in [-0.15, -0.1) is 0 Å². The van der Waals surface area contributed by atoms with Crippen LogP contribution in [0.4, 0.5) is 4.39 Å². The van der Waals surface area contributed by atoms with Gasteiger partial charge in [0, 0.05) is 23.5 Å². The monoisotopic (exact) mass is 447 g/mol. The van der Waals surface area contributed by atoms with Crippen LogP contribution in [0.1, 0.15) is 44.8 Å². The number of hydrogen-bond donors (Lipinski definition) is 0. The predicted octanol–water partition coefficient (Wildman–Crippen LogP) is 4.74. The summed E-state index contributed by atoms with van der Waals surface area (Å²) in [6.45, 7) is 0. The van der Waals surface area contributed by atoms with Crippen LogP contribution >= 0.6 is 23.2 Å². The Hall–Kier alpha value is -2.77. The molecule has 0 aliphatic heterocycles. The Labute approximate surface area is 181 Å². The number of carbonyl (C=O) groups excluding carboxylic acids is 2. The summed E-state index contributed by atoms with van der Waals surface area (Å²) in [7, 11) is 1.23. The zero-order valence-electron chi connectivity index (χ0n) is 15.9. The molecule has 1 aliphatic rings. The second-order valence-corrected chi connectivity index (χ2v) is 7.68. The number of pyridine rings is 1. The lowest BCUT2D eigenvalue weighted by atomic mass is 9.93. The van der Waals surface area contributed by atoms with Crippen LogP contribution in [0.15, 0.2) is 30.6 Å². The fourth-order valence-electron chi connectivity index (χ4n) is 3.66. The SMILES string of the molecule is COC(=O)c1ccc(-c2nn(C(=O)c3c(Cl)cncc3Cl)c3c2CCCC3)c(F)c1. The molecule has 9 heteroatoms. The molecule has 154 valence electrons. The largest absolute Gasteiger partial charge is 0.465 e. The number of nitrogens with zero attached hydrogens (tertiary/aromatic N) is 3. The Morgan fingerprint density at radius 3 is 2.50 bits per heavy atom. The van der Waals surface area contributed by atoms with Crippen molar-refractivity contribution in [1.82, 2.24) is 14.8 Å². The van der Waals surface area contributed by atoms with Gasteiger partial charge in [0.2, 0.25) is 0 Å². The maximum Gasteiger partial charge on any atom is 0.337 e. The van der Waals surface area contributed by atoms with Crippen molar-refractivity contribution in [2.75, 3.05) is 7.11 Å². The summed E-state index contributed by atoms with van der Waals surface area (Å²) in [5, 5.41) is 4.68. The van der Waals surface area contributed by atoms with Crippen LogP contribution < -0.4 is 0 Å². The topological polar surface area (TPSA) is 74.1 Å². The van der Waals surface area contributed by atoms with Crippen molar-refractivity contribution in [2.45, 2.75) is 25.7 Å². The first-order chi connectivity index (χ1) is 14.4. The second kappa shape index (κ2) is 8.16. The summed E-state index contributed by atoms with van der Waals surface area (Å²) in [4.78, 5) is 28.8. The second-order valence-electron chi connectivity index (χ2n) is 6.86. The molecule has 0 saturated carbocycles. The maximum absolute atomic E-state index is 14.9. The normalized spacial score (nSPS) is 13.1. The van der Waals surface area contributed by atoms with E-state index in [9.17, 15) is 14.0 Å². The summed E-state index contributed by atoms with van der Waals surface area (Å²) >= 11 is 12.3. The molecule has 0 spiro atoms. The molecule has 2 heterocycles. The van der Waals surface area contributed by atoms with Crippen molar-refractivity contribution < 1.29 is 18.7 Å². The van der Waals surface area contributed by atoms with Gasteiger partial charge in [0.15, 0.2) is 0 Å². The lowest BCUT2D eigenvalue weighted by molar-refractivity contribution is 0.0600. The molecule has 3 aromatic rings. The number of ether oxygens (including phenoxy) is 1. The third kappa shape index (κ3) is 3.48. The van der Waals surface area contributed by atoms with E-state index in [4.69, 9.17) is 23.2 Å². The minimum Gasteiger partial charge on any atom is -0.465 e. The molecule has 6 nitrogen and oxygen atoms in total. The number of hydrogen-bond acceptors (Lipinski definition) is 5. The zero-order valence-corrected chi connectivity index (χ0v) is 17.4. The molecule has 4 rings (SSSR count). The van der Waals surface area contributed by atoms with Gasteiger partial charge in [-0.05, 0) is 43.9 Å². The smallest absolute Gasteiger partial charge is 0.337 e. The van der Waals surface area contributed by atoms with Crippen molar-refractivity contribution >= 4 is 35.1 Å². The zero-order chi connectivity index (χ0) is 21.4. The highest BCUT2D eigenvalue weighted by atomic mass is 35.5. The molecule has 0 fully saturated rings. The van der Waals surface area contributed by atoms with Gasteiger partial charge in [-0.3, -0.25) is 9.78 Å². The summed E-state index contributed by atoms with van der Waals surface area (Å²) < 4.78 is 20.8. The molecule has 0 amide bonds. The number of esters is 1. The summed E-state index contributed by atoms with van der Waals surface area (Å²) in [5.41, 5.74) is 2.28. The highest BCUT2D eigenvalue weighted by molar-refractivity contribution is 6.39. The van der Waals surface area contributed by atoms with E-state index >= 15 is 0 Å². The van der Waals surface area contributed by atoms with Gasteiger partial charge in [0.1, 0.15) is 5.82 Å². The molecule has 0 radical (unpaired) electrons. The van der Waals surface area contributed by atoms with E-state index in [1.807, 2.05) is 0 Å². The van der Waals surface area contributed by atoms with Gasteiger partial charge < -0.3 is 4.74 Å². The molecule has 0 saturated heterocycles. The fourth-order valence-corrected chi connectivity index (χ4v) is 4.18. The third-order valence-electron chi connectivity index (χ3n) is 5.09. The Morgan fingerprint density at radius 2 is 1.83 bits per heavy atom. The Kier molecular flexibility index (Phi) is 5.58. The van der Waals surface area contributed by atoms with Crippen LogP contribution in [0.5, 0.6) is 0 Å². The molecule has 30 heavy (non-hydrogen) atoms. The first kappa shape index (κ1) is 20.5. The lowest BCUT2D eigenvalue weighted by Crippen LogP contribution is -2.19. The van der Waals surface area contributed by atoms with Gasteiger partial charge in [0.25, 0.3) is 5.91 Å². The first-order valence-electron chi connectivity index (χ1n) is 9.25. The Morgan fingerprint density at radius 1 is 1.13 bits per heavy atom. The average molecular weight is 448 g/mol. The van der Waals surface area contributed by atoms with Gasteiger partial charge in [-0.2, -0.15) is 9.78 Å². The minimum atomic E-state index is -0.634. The van der Waals surface area contributed by atoms with Gasteiger partial charge in [0.05, 0.1) is 39.7 Å². The molecule has 0 unspecified atom stereocenters. The quantitative estimate of drug-likeness (QED) is 0.541.